The number of carbonyl (C=O) groups excluding carboxylic acids is 1. The molecule has 0 radical (unpaired) electrons. The highest BCUT2D eigenvalue weighted by Crippen LogP contribution is 2.31. The molecule has 0 atom stereocenters. The SMILES string of the molecule is O=C(c1cc(Cl)c(O)cc1O)N1CCOCC1. The van der Waals surface area contributed by atoms with Crippen molar-refractivity contribution in [3.8, 4) is 11.5 Å². The van der Waals surface area contributed by atoms with E-state index in [0.717, 1.165) is 6.07 Å². The second-order valence-electron chi connectivity index (χ2n) is 3.73. The van der Waals surface area contributed by atoms with Crippen molar-refractivity contribution in [2.45, 2.75) is 0 Å². The lowest BCUT2D eigenvalue weighted by atomic mass is 10.1. The fourth-order valence-corrected chi connectivity index (χ4v) is 1.82. The van der Waals surface area contributed by atoms with Crippen molar-refractivity contribution in [3.63, 3.8) is 0 Å². The van der Waals surface area contributed by atoms with Gasteiger partial charge in [0.15, 0.2) is 0 Å². The first-order valence-corrected chi connectivity index (χ1v) is 5.56. The molecule has 1 saturated heterocycles. The average Bonchev–Trinajstić information content (AvgIpc) is 2.34. The number of rotatable bonds is 1. The van der Waals surface area contributed by atoms with Gasteiger partial charge in [-0.25, -0.2) is 0 Å². The molecule has 1 aliphatic heterocycles. The van der Waals surface area contributed by atoms with Gasteiger partial charge in [0, 0.05) is 19.2 Å². The van der Waals surface area contributed by atoms with Crippen molar-refractivity contribution in [1.82, 2.24) is 4.90 Å². The Hall–Kier alpha value is -1.46. The molecule has 0 saturated carbocycles. The Morgan fingerprint density at radius 1 is 1.24 bits per heavy atom. The first-order chi connectivity index (χ1) is 8.09. The topological polar surface area (TPSA) is 70.0 Å². The monoisotopic (exact) mass is 257 g/mol. The lowest BCUT2D eigenvalue weighted by Crippen LogP contribution is -2.40. The molecule has 0 aliphatic carbocycles. The number of phenols is 2. The van der Waals surface area contributed by atoms with E-state index in [4.69, 9.17) is 16.3 Å². The summed E-state index contributed by atoms with van der Waals surface area (Å²) in [4.78, 5) is 13.6. The van der Waals surface area contributed by atoms with Gasteiger partial charge in [0.25, 0.3) is 5.91 Å². The second kappa shape index (κ2) is 4.81. The minimum absolute atomic E-state index is 0.0411. The summed E-state index contributed by atoms with van der Waals surface area (Å²) < 4.78 is 5.14. The van der Waals surface area contributed by atoms with Gasteiger partial charge in [0.2, 0.25) is 0 Å². The van der Waals surface area contributed by atoms with Gasteiger partial charge in [0.1, 0.15) is 11.5 Å². The molecule has 0 aromatic heterocycles. The summed E-state index contributed by atoms with van der Waals surface area (Å²) in [5.74, 6) is -0.834. The third kappa shape index (κ3) is 2.45. The van der Waals surface area contributed by atoms with Crippen molar-refractivity contribution in [2.24, 2.45) is 0 Å². The Balaban J connectivity index is 2.26. The molecule has 1 aromatic rings. The molecule has 17 heavy (non-hydrogen) atoms. The third-order valence-corrected chi connectivity index (χ3v) is 2.90. The predicted molar refractivity (Wildman–Crippen MR) is 61.5 cm³/mol. The van der Waals surface area contributed by atoms with E-state index in [1.807, 2.05) is 0 Å². The van der Waals surface area contributed by atoms with E-state index in [1.165, 1.54) is 6.07 Å². The highest BCUT2D eigenvalue weighted by Gasteiger charge is 2.22. The number of aromatic hydroxyl groups is 2. The number of morpholine rings is 1. The Bertz CT molecular complexity index is 443. The normalized spacial score (nSPS) is 15.9. The maximum absolute atomic E-state index is 12.1. The van der Waals surface area contributed by atoms with Crippen LogP contribution in [0.2, 0.25) is 5.02 Å². The van der Waals surface area contributed by atoms with Gasteiger partial charge in [-0.1, -0.05) is 11.6 Å². The summed E-state index contributed by atoms with van der Waals surface area (Å²) in [6, 6.07) is 2.33. The van der Waals surface area contributed by atoms with Crippen molar-refractivity contribution in [1.29, 1.82) is 0 Å². The molecule has 1 fully saturated rings. The van der Waals surface area contributed by atoms with Crippen LogP contribution in [0.3, 0.4) is 0 Å². The number of carbonyl (C=O) groups is 1. The van der Waals surface area contributed by atoms with Crippen LogP contribution in [0.25, 0.3) is 0 Å². The zero-order valence-electron chi connectivity index (χ0n) is 9.02. The Morgan fingerprint density at radius 3 is 2.53 bits per heavy atom. The Kier molecular flexibility index (Phi) is 3.40. The van der Waals surface area contributed by atoms with Crippen molar-refractivity contribution in [3.05, 3.63) is 22.7 Å². The fraction of sp³-hybridized carbons (Fsp3) is 0.364. The lowest BCUT2D eigenvalue weighted by Gasteiger charge is -2.27. The predicted octanol–water partition coefficient (Wildman–Crippen LogP) is 1.22. The van der Waals surface area contributed by atoms with Crippen molar-refractivity contribution >= 4 is 17.5 Å². The summed E-state index contributed by atoms with van der Waals surface area (Å²) in [6.07, 6.45) is 0. The van der Waals surface area contributed by atoms with E-state index >= 15 is 0 Å². The van der Waals surface area contributed by atoms with Crippen LogP contribution in [0.1, 0.15) is 10.4 Å². The van der Waals surface area contributed by atoms with E-state index in [2.05, 4.69) is 0 Å². The van der Waals surface area contributed by atoms with Crippen LogP contribution >= 0.6 is 11.6 Å². The maximum atomic E-state index is 12.1. The number of hydrogen-bond donors (Lipinski definition) is 2. The molecule has 1 heterocycles. The summed E-state index contributed by atoms with van der Waals surface area (Å²) in [6.45, 7) is 1.93. The molecular formula is C11H12ClNO4. The molecular weight excluding hydrogens is 246 g/mol. The lowest BCUT2D eigenvalue weighted by molar-refractivity contribution is 0.0301. The summed E-state index contributed by atoms with van der Waals surface area (Å²) >= 11 is 5.71. The zero-order valence-corrected chi connectivity index (χ0v) is 9.78. The first kappa shape index (κ1) is 12.0. The third-order valence-electron chi connectivity index (χ3n) is 2.59. The summed E-state index contributed by atoms with van der Waals surface area (Å²) in [5.41, 5.74) is 0.0923. The number of ether oxygens (including phenoxy) is 1. The Morgan fingerprint density at radius 2 is 1.88 bits per heavy atom. The van der Waals surface area contributed by atoms with Gasteiger partial charge in [-0.2, -0.15) is 0 Å². The van der Waals surface area contributed by atoms with E-state index in [1.54, 1.807) is 4.90 Å². The summed E-state index contributed by atoms with van der Waals surface area (Å²) in [7, 11) is 0. The van der Waals surface area contributed by atoms with E-state index in [-0.39, 0.29) is 28.0 Å². The molecule has 5 nitrogen and oxygen atoms in total. The first-order valence-electron chi connectivity index (χ1n) is 5.18. The quantitative estimate of drug-likeness (QED) is 0.794. The smallest absolute Gasteiger partial charge is 0.257 e. The summed E-state index contributed by atoms with van der Waals surface area (Å²) in [5, 5.41) is 18.9. The number of benzene rings is 1. The van der Waals surface area contributed by atoms with Crippen LogP contribution < -0.4 is 0 Å². The van der Waals surface area contributed by atoms with E-state index in [9.17, 15) is 15.0 Å². The minimum Gasteiger partial charge on any atom is -0.507 e. The number of halogens is 1. The van der Waals surface area contributed by atoms with Gasteiger partial charge < -0.3 is 19.8 Å². The molecule has 0 spiro atoms. The van der Waals surface area contributed by atoms with Gasteiger partial charge in [-0.15, -0.1) is 0 Å². The van der Waals surface area contributed by atoms with Crippen molar-refractivity contribution < 1.29 is 19.7 Å². The molecule has 92 valence electrons. The van der Waals surface area contributed by atoms with E-state index < -0.39 is 0 Å². The number of nitrogens with zero attached hydrogens (tertiary/aromatic N) is 1. The van der Waals surface area contributed by atoms with Crippen molar-refractivity contribution in [2.75, 3.05) is 26.3 Å². The van der Waals surface area contributed by atoms with Crippen LogP contribution in [0.5, 0.6) is 11.5 Å². The largest absolute Gasteiger partial charge is 0.507 e. The van der Waals surface area contributed by atoms with E-state index in [0.29, 0.717) is 26.3 Å². The highest BCUT2D eigenvalue weighted by molar-refractivity contribution is 6.32. The standard InChI is InChI=1S/C11H12ClNO4/c12-8-5-7(9(14)6-10(8)15)11(16)13-1-3-17-4-2-13/h5-6,14-15H,1-4H2. The van der Waals surface area contributed by atoms with Gasteiger partial charge in [-0.05, 0) is 6.07 Å². The second-order valence-corrected chi connectivity index (χ2v) is 4.13. The molecule has 1 amide bonds. The average molecular weight is 258 g/mol. The molecule has 0 unspecified atom stereocenters. The van der Waals surface area contributed by atoms with Crippen LogP contribution in [0, 0.1) is 0 Å². The molecule has 6 heteroatoms. The zero-order chi connectivity index (χ0) is 12.4. The molecule has 0 bridgehead atoms. The van der Waals surface area contributed by atoms with Crippen LogP contribution in [0.15, 0.2) is 12.1 Å². The molecule has 1 aromatic carbocycles. The molecule has 2 rings (SSSR count). The van der Waals surface area contributed by atoms with Crippen LogP contribution in [-0.4, -0.2) is 47.3 Å². The highest BCUT2D eigenvalue weighted by atomic mass is 35.5. The molecule has 1 aliphatic rings. The van der Waals surface area contributed by atoms with Gasteiger partial charge in [-0.3, -0.25) is 4.79 Å². The number of hydrogen-bond acceptors (Lipinski definition) is 4. The fourth-order valence-electron chi connectivity index (χ4n) is 1.66. The van der Waals surface area contributed by atoms with Gasteiger partial charge >= 0.3 is 0 Å². The maximum Gasteiger partial charge on any atom is 0.257 e. The molecule has 2 N–H and O–H groups in total. The van der Waals surface area contributed by atoms with Crippen LogP contribution in [-0.2, 0) is 4.74 Å². The number of amides is 1. The minimum atomic E-state index is -0.312. The number of phenolic OH excluding ortho intramolecular Hbond substituents is 2. The van der Waals surface area contributed by atoms with Gasteiger partial charge in [0.05, 0.1) is 23.8 Å². The Labute approximate surface area is 103 Å². The van der Waals surface area contributed by atoms with Crippen LogP contribution in [0.4, 0.5) is 0 Å².